The molecule has 17 heavy (non-hydrogen) atoms. The Hall–Kier alpha value is -0.0400. The smallest absolute Gasteiger partial charge is 0.00982 e. The maximum absolute atomic E-state index is 2.87. The maximum atomic E-state index is 2.87. The van der Waals surface area contributed by atoms with Crippen molar-refractivity contribution < 1.29 is 0 Å². The number of unbranched alkanes of at least 4 members (excludes halogenated alkanes) is 1. The van der Waals surface area contributed by atoms with E-state index in [-0.39, 0.29) is 0 Å². The predicted molar refractivity (Wildman–Crippen MR) is 75.3 cm³/mol. The van der Waals surface area contributed by atoms with Gasteiger partial charge in [0.25, 0.3) is 0 Å². The van der Waals surface area contributed by atoms with Gasteiger partial charge in [0.2, 0.25) is 0 Å². The summed E-state index contributed by atoms with van der Waals surface area (Å²) in [5.74, 6) is 0. The molecule has 2 aliphatic rings. The Kier molecular flexibility index (Phi) is 4.52. The van der Waals surface area contributed by atoms with Crippen LogP contribution in [0.4, 0.5) is 0 Å². The topological polar surface area (TPSA) is 3.24 Å². The minimum absolute atomic E-state index is 0.526. The summed E-state index contributed by atoms with van der Waals surface area (Å²) >= 11 is 0. The van der Waals surface area contributed by atoms with Crippen LogP contribution in [0.3, 0.4) is 0 Å². The molecule has 0 aromatic rings. The summed E-state index contributed by atoms with van der Waals surface area (Å²) in [6, 6.07) is 1.94. The lowest BCUT2D eigenvalue weighted by Gasteiger charge is -2.46. The van der Waals surface area contributed by atoms with E-state index >= 15 is 0 Å². The van der Waals surface area contributed by atoms with E-state index < -0.39 is 0 Å². The second-order valence-electron chi connectivity index (χ2n) is 7.43. The molecule has 2 rings (SSSR count). The summed E-state index contributed by atoms with van der Waals surface area (Å²) in [5.41, 5.74) is 0.526. The van der Waals surface area contributed by atoms with Crippen LogP contribution in [0.25, 0.3) is 0 Å². The third-order valence-corrected chi connectivity index (χ3v) is 4.68. The van der Waals surface area contributed by atoms with Crippen molar-refractivity contribution in [1.29, 1.82) is 0 Å². The highest BCUT2D eigenvalue weighted by molar-refractivity contribution is 4.88. The van der Waals surface area contributed by atoms with Crippen molar-refractivity contribution in [2.24, 2.45) is 5.41 Å². The van der Waals surface area contributed by atoms with Crippen molar-refractivity contribution in [3.05, 3.63) is 0 Å². The van der Waals surface area contributed by atoms with Crippen LogP contribution in [-0.4, -0.2) is 23.5 Å². The fourth-order valence-electron chi connectivity index (χ4n) is 3.05. The van der Waals surface area contributed by atoms with Crippen LogP contribution in [0, 0.1) is 5.41 Å². The number of hydrogen-bond acceptors (Lipinski definition) is 1. The molecule has 2 aliphatic carbocycles. The zero-order valence-electron chi connectivity index (χ0n) is 12.2. The Bertz CT molecular complexity index is 206. The highest BCUT2D eigenvalue weighted by atomic mass is 15.2. The molecule has 0 N–H and O–H groups in total. The highest BCUT2D eigenvalue weighted by Crippen LogP contribution is 2.34. The molecule has 0 aliphatic heterocycles. The molecule has 0 heterocycles. The standard InChI is InChI=1S/C16H31N/c1-16(2,3)12-4-5-13-17(14-8-6-9-14)15-10-7-11-15/h14-15H,4-13H2,1-3H3. The molecule has 0 saturated heterocycles. The van der Waals surface area contributed by atoms with Crippen molar-refractivity contribution in [2.75, 3.05) is 6.54 Å². The van der Waals surface area contributed by atoms with Crippen molar-refractivity contribution in [3.63, 3.8) is 0 Å². The Balaban J connectivity index is 1.66. The monoisotopic (exact) mass is 237 g/mol. The quantitative estimate of drug-likeness (QED) is 0.610. The fraction of sp³-hybridized carbons (Fsp3) is 1.00. The third kappa shape index (κ3) is 3.98. The van der Waals surface area contributed by atoms with Gasteiger partial charge in [-0.2, -0.15) is 0 Å². The Morgan fingerprint density at radius 3 is 1.76 bits per heavy atom. The summed E-state index contributed by atoms with van der Waals surface area (Å²) in [5, 5.41) is 0. The molecule has 0 aromatic heterocycles. The highest BCUT2D eigenvalue weighted by Gasteiger charge is 2.32. The fourth-order valence-corrected chi connectivity index (χ4v) is 3.05. The van der Waals surface area contributed by atoms with Crippen LogP contribution in [0.1, 0.15) is 78.6 Å². The van der Waals surface area contributed by atoms with Gasteiger partial charge in [0.15, 0.2) is 0 Å². The van der Waals surface area contributed by atoms with Crippen LogP contribution in [0.15, 0.2) is 0 Å². The molecule has 1 nitrogen and oxygen atoms in total. The summed E-state index contributed by atoms with van der Waals surface area (Å²) in [6.45, 7) is 8.47. The molecule has 0 bridgehead atoms. The molecule has 0 unspecified atom stereocenters. The summed E-state index contributed by atoms with van der Waals surface area (Å²) in [7, 11) is 0. The van der Waals surface area contributed by atoms with Gasteiger partial charge < -0.3 is 0 Å². The van der Waals surface area contributed by atoms with Gasteiger partial charge in [-0.1, -0.05) is 40.0 Å². The van der Waals surface area contributed by atoms with Crippen LogP contribution < -0.4 is 0 Å². The zero-order chi connectivity index (χ0) is 12.3. The molecule has 0 spiro atoms. The van der Waals surface area contributed by atoms with E-state index in [1.807, 2.05) is 0 Å². The number of hydrogen-bond donors (Lipinski definition) is 0. The Morgan fingerprint density at radius 2 is 1.41 bits per heavy atom. The lowest BCUT2D eigenvalue weighted by Crippen LogP contribution is -2.49. The van der Waals surface area contributed by atoms with Crippen LogP contribution in [0.2, 0.25) is 0 Å². The second kappa shape index (κ2) is 5.73. The van der Waals surface area contributed by atoms with Crippen LogP contribution >= 0.6 is 0 Å². The number of nitrogens with zero attached hydrogens (tertiary/aromatic N) is 1. The predicted octanol–water partition coefficient (Wildman–Crippen LogP) is 4.61. The van der Waals surface area contributed by atoms with Crippen molar-refractivity contribution in [2.45, 2.75) is 90.6 Å². The van der Waals surface area contributed by atoms with Gasteiger partial charge in [0.1, 0.15) is 0 Å². The maximum Gasteiger partial charge on any atom is 0.00982 e. The molecule has 100 valence electrons. The SMILES string of the molecule is CC(C)(C)CCCCN(C1CCC1)C1CCC1. The van der Waals surface area contributed by atoms with Crippen molar-refractivity contribution in [3.8, 4) is 0 Å². The molecule has 1 heteroatoms. The van der Waals surface area contributed by atoms with Gasteiger partial charge in [-0.15, -0.1) is 0 Å². The first kappa shape index (κ1) is 13.4. The van der Waals surface area contributed by atoms with Crippen molar-refractivity contribution in [1.82, 2.24) is 4.90 Å². The van der Waals surface area contributed by atoms with Crippen molar-refractivity contribution >= 4 is 0 Å². The second-order valence-corrected chi connectivity index (χ2v) is 7.43. The first-order valence-corrected chi connectivity index (χ1v) is 7.82. The summed E-state index contributed by atoms with van der Waals surface area (Å²) < 4.78 is 0. The van der Waals surface area contributed by atoms with E-state index in [4.69, 9.17) is 0 Å². The first-order chi connectivity index (χ1) is 8.06. The Morgan fingerprint density at radius 1 is 0.882 bits per heavy atom. The molecular weight excluding hydrogens is 206 g/mol. The molecular formula is C16H31N. The van der Waals surface area contributed by atoms with E-state index in [1.54, 1.807) is 0 Å². The molecule has 0 radical (unpaired) electrons. The van der Waals surface area contributed by atoms with Gasteiger partial charge in [-0.3, -0.25) is 4.90 Å². The van der Waals surface area contributed by atoms with E-state index in [9.17, 15) is 0 Å². The van der Waals surface area contributed by atoms with Gasteiger partial charge in [-0.25, -0.2) is 0 Å². The largest absolute Gasteiger partial charge is 0.297 e. The van der Waals surface area contributed by atoms with Gasteiger partial charge in [0.05, 0.1) is 0 Å². The zero-order valence-corrected chi connectivity index (χ0v) is 12.2. The lowest BCUT2D eigenvalue weighted by molar-refractivity contribution is 0.0385. The molecule has 0 aromatic carbocycles. The molecule has 2 saturated carbocycles. The van der Waals surface area contributed by atoms with E-state index in [0.29, 0.717) is 5.41 Å². The summed E-state index contributed by atoms with van der Waals surface area (Å²) in [6.07, 6.45) is 13.1. The molecule has 0 amide bonds. The average molecular weight is 237 g/mol. The van der Waals surface area contributed by atoms with Crippen LogP contribution in [0.5, 0.6) is 0 Å². The summed E-state index contributed by atoms with van der Waals surface area (Å²) in [4.78, 5) is 2.87. The minimum atomic E-state index is 0.526. The third-order valence-electron chi connectivity index (χ3n) is 4.68. The lowest BCUT2D eigenvalue weighted by atomic mass is 9.84. The van der Waals surface area contributed by atoms with Gasteiger partial charge in [-0.05, 0) is 50.5 Å². The normalized spacial score (nSPS) is 22.6. The van der Waals surface area contributed by atoms with E-state index in [2.05, 4.69) is 25.7 Å². The Labute approximate surface area is 108 Å². The number of rotatable bonds is 6. The van der Waals surface area contributed by atoms with E-state index in [0.717, 1.165) is 12.1 Å². The minimum Gasteiger partial charge on any atom is -0.297 e. The average Bonchev–Trinajstić information content (AvgIpc) is 2.04. The first-order valence-electron chi connectivity index (χ1n) is 7.82. The molecule has 2 fully saturated rings. The van der Waals surface area contributed by atoms with Crippen LogP contribution in [-0.2, 0) is 0 Å². The van der Waals surface area contributed by atoms with Gasteiger partial charge in [0, 0.05) is 12.1 Å². The van der Waals surface area contributed by atoms with Gasteiger partial charge >= 0.3 is 0 Å². The molecule has 0 atom stereocenters. The van der Waals surface area contributed by atoms with E-state index in [1.165, 1.54) is 64.3 Å².